The van der Waals surface area contributed by atoms with Crippen molar-refractivity contribution >= 4 is 22.6 Å². The molecule has 2 rings (SSSR count). The molecule has 0 aliphatic rings. The quantitative estimate of drug-likeness (QED) is 0.699. The van der Waals surface area contributed by atoms with Crippen LogP contribution in [-0.4, -0.2) is 33.3 Å². The van der Waals surface area contributed by atoms with Crippen LogP contribution in [0.4, 0.5) is 0 Å². The van der Waals surface area contributed by atoms with Gasteiger partial charge in [0.05, 0.1) is 11.5 Å². The van der Waals surface area contributed by atoms with Gasteiger partial charge in [-0.1, -0.05) is 45.9 Å². The van der Waals surface area contributed by atoms with Crippen molar-refractivity contribution in [2.45, 2.75) is 59.7 Å². The highest BCUT2D eigenvalue weighted by molar-refractivity contribution is 6.02. The van der Waals surface area contributed by atoms with E-state index in [1.807, 2.05) is 27.7 Å². The molecule has 2 atom stereocenters. The molecule has 0 aliphatic carbocycles. The Kier molecular flexibility index (Phi) is 6.98. The van der Waals surface area contributed by atoms with Gasteiger partial charge in [-0.3, -0.25) is 9.59 Å². The van der Waals surface area contributed by atoms with Gasteiger partial charge >= 0.3 is 5.97 Å². The number of rotatable bonds is 7. The summed E-state index contributed by atoms with van der Waals surface area (Å²) in [6.45, 7) is 10.9. The van der Waals surface area contributed by atoms with Crippen LogP contribution in [0.2, 0.25) is 0 Å². The van der Waals surface area contributed by atoms with Gasteiger partial charge in [-0.15, -0.1) is 0 Å². The lowest BCUT2D eigenvalue weighted by Gasteiger charge is -2.28. The van der Waals surface area contributed by atoms with E-state index in [1.165, 1.54) is 11.6 Å². The van der Waals surface area contributed by atoms with E-state index in [-0.39, 0.29) is 23.1 Å². The van der Waals surface area contributed by atoms with E-state index in [0.29, 0.717) is 17.3 Å². The Balaban J connectivity index is 2.35. The second kappa shape index (κ2) is 9.08. The summed E-state index contributed by atoms with van der Waals surface area (Å²) < 4.78 is 6.59. The van der Waals surface area contributed by atoms with Gasteiger partial charge in [-0.25, -0.2) is 9.48 Å². The first-order valence-corrected chi connectivity index (χ1v) is 9.94. The topological polar surface area (TPSA) is 114 Å². The lowest BCUT2D eigenvalue weighted by atomic mass is 9.90. The number of aromatic nitrogens is 2. The lowest BCUT2D eigenvalue weighted by Crippen LogP contribution is -2.52. The van der Waals surface area contributed by atoms with Crippen LogP contribution < -0.4 is 10.9 Å². The van der Waals surface area contributed by atoms with Gasteiger partial charge in [0.1, 0.15) is 5.54 Å². The van der Waals surface area contributed by atoms with Crippen molar-refractivity contribution in [2.75, 3.05) is 0 Å². The molecule has 30 heavy (non-hydrogen) atoms. The number of amides is 1. The zero-order valence-corrected chi connectivity index (χ0v) is 18.2. The molecular weight excluding hydrogens is 384 g/mol. The van der Waals surface area contributed by atoms with Crippen LogP contribution in [0.5, 0.6) is 0 Å². The minimum Gasteiger partial charge on any atom is -0.448 e. The number of benzene rings is 1. The molecule has 0 bridgehead atoms. The Labute approximate surface area is 175 Å². The van der Waals surface area contributed by atoms with Crippen molar-refractivity contribution in [3.63, 3.8) is 0 Å². The van der Waals surface area contributed by atoms with E-state index in [2.05, 4.69) is 16.5 Å². The fourth-order valence-corrected chi connectivity index (χ4v) is 2.78. The predicted octanol–water partition coefficient (Wildman–Crippen LogP) is 2.65. The maximum absolute atomic E-state index is 12.8. The highest BCUT2D eigenvalue weighted by Gasteiger charge is 2.33. The molecule has 1 aromatic heterocycles. The zero-order chi connectivity index (χ0) is 22.6. The summed E-state index contributed by atoms with van der Waals surface area (Å²) in [6.07, 6.45) is -1.14. The van der Waals surface area contributed by atoms with E-state index < -0.39 is 23.5 Å². The summed E-state index contributed by atoms with van der Waals surface area (Å²) in [6, 6.07) is 8.74. The fraction of sp³-hybridized carbons (Fsp3) is 0.500. The predicted molar refractivity (Wildman–Crippen MR) is 113 cm³/mol. The number of hydrogen-bond acceptors (Lipinski definition) is 6. The van der Waals surface area contributed by atoms with Gasteiger partial charge in [-0.05, 0) is 31.7 Å². The number of nitrogens with zero attached hydrogens (tertiary/aromatic N) is 3. The Bertz CT molecular complexity index is 1050. The Morgan fingerprint density at radius 1 is 1.20 bits per heavy atom. The molecule has 8 nitrogen and oxygen atoms in total. The van der Waals surface area contributed by atoms with E-state index in [1.54, 1.807) is 31.2 Å². The molecule has 0 radical (unpaired) electrons. The van der Waals surface area contributed by atoms with Gasteiger partial charge in [0.15, 0.2) is 11.8 Å². The van der Waals surface area contributed by atoms with Crippen LogP contribution in [0.15, 0.2) is 29.1 Å². The maximum atomic E-state index is 12.8. The fourth-order valence-electron chi connectivity index (χ4n) is 2.78. The van der Waals surface area contributed by atoms with Gasteiger partial charge in [0, 0.05) is 11.9 Å². The molecule has 0 unspecified atom stereocenters. The van der Waals surface area contributed by atoms with Crippen LogP contribution in [0.25, 0.3) is 10.8 Å². The summed E-state index contributed by atoms with van der Waals surface area (Å²) in [7, 11) is 0. The first-order chi connectivity index (χ1) is 14.0. The van der Waals surface area contributed by atoms with Crippen molar-refractivity contribution in [1.29, 1.82) is 5.26 Å². The van der Waals surface area contributed by atoms with Crippen LogP contribution in [-0.2, 0) is 16.1 Å². The van der Waals surface area contributed by atoms with Gasteiger partial charge in [-0.2, -0.15) is 10.4 Å². The van der Waals surface area contributed by atoms with Gasteiger partial charge in [0.25, 0.3) is 11.5 Å². The summed E-state index contributed by atoms with van der Waals surface area (Å²) in [5.41, 5.74) is -1.41. The van der Waals surface area contributed by atoms with Gasteiger partial charge in [0.2, 0.25) is 0 Å². The monoisotopic (exact) mass is 412 g/mol. The highest BCUT2D eigenvalue weighted by atomic mass is 16.5. The van der Waals surface area contributed by atoms with Crippen LogP contribution in [0.3, 0.4) is 0 Å². The van der Waals surface area contributed by atoms with Crippen LogP contribution in [0, 0.1) is 23.2 Å². The number of nitrogens with one attached hydrogen (secondary N) is 1. The van der Waals surface area contributed by atoms with E-state index in [9.17, 15) is 19.6 Å². The highest BCUT2D eigenvalue weighted by Crippen LogP contribution is 2.17. The molecule has 0 saturated heterocycles. The molecule has 160 valence electrons. The summed E-state index contributed by atoms with van der Waals surface area (Å²) >= 11 is 0. The van der Waals surface area contributed by atoms with Crippen molar-refractivity contribution in [2.24, 2.45) is 11.8 Å². The number of carbonyl (C=O) groups excluding carboxylic acids is 2. The normalized spacial score (nSPS) is 14.2. The van der Waals surface area contributed by atoms with E-state index in [4.69, 9.17) is 4.74 Å². The molecule has 0 fully saturated rings. The maximum Gasteiger partial charge on any atom is 0.360 e. The second-order valence-electron chi connectivity index (χ2n) is 8.28. The second-order valence-corrected chi connectivity index (χ2v) is 8.28. The molecule has 8 heteroatoms. The summed E-state index contributed by atoms with van der Waals surface area (Å²) in [5.74, 6) is -1.39. The third-order valence-electron chi connectivity index (χ3n) is 5.02. The average molecular weight is 412 g/mol. The molecule has 0 aliphatic heterocycles. The SMILES string of the molecule is CC(C)Cn1nc(C(=O)O[C@@H](C)C(=O)N[C@](C)(C#N)C(C)C)c2ccccc2c1=O. The zero-order valence-electron chi connectivity index (χ0n) is 18.2. The number of nitriles is 1. The van der Waals surface area contributed by atoms with E-state index >= 15 is 0 Å². The smallest absolute Gasteiger partial charge is 0.360 e. The van der Waals surface area contributed by atoms with Crippen LogP contribution >= 0.6 is 0 Å². The number of hydrogen-bond donors (Lipinski definition) is 1. The minimum atomic E-state index is -1.14. The Morgan fingerprint density at radius 2 is 1.80 bits per heavy atom. The molecule has 0 spiro atoms. The Morgan fingerprint density at radius 3 is 2.33 bits per heavy atom. The standard InChI is InChI=1S/C22H28N4O4/c1-13(2)11-26-20(28)17-10-8-7-9-16(17)18(25-26)21(29)30-15(5)19(27)24-22(6,12-23)14(3)4/h7-10,13-15H,11H2,1-6H3,(H,24,27)/t15-,22+/m0/s1. The number of carbonyl (C=O) groups is 2. The molecule has 1 aromatic carbocycles. The van der Waals surface area contributed by atoms with Gasteiger partial charge < -0.3 is 10.1 Å². The van der Waals surface area contributed by atoms with Crippen molar-refractivity contribution in [1.82, 2.24) is 15.1 Å². The first-order valence-electron chi connectivity index (χ1n) is 9.94. The lowest BCUT2D eigenvalue weighted by molar-refractivity contribution is -0.130. The summed E-state index contributed by atoms with van der Waals surface area (Å²) in [4.78, 5) is 38.0. The molecule has 0 saturated carbocycles. The summed E-state index contributed by atoms with van der Waals surface area (Å²) in [5, 5.41) is 16.9. The number of fused-ring (bicyclic) bond motifs is 1. The molecule has 2 aromatic rings. The molecular formula is C22H28N4O4. The van der Waals surface area contributed by atoms with Crippen LogP contribution in [0.1, 0.15) is 52.0 Å². The van der Waals surface area contributed by atoms with Crippen molar-refractivity contribution in [3.8, 4) is 6.07 Å². The molecule has 1 N–H and O–H groups in total. The third-order valence-corrected chi connectivity index (χ3v) is 5.02. The van der Waals surface area contributed by atoms with Crippen molar-refractivity contribution in [3.05, 3.63) is 40.3 Å². The van der Waals surface area contributed by atoms with E-state index in [0.717, 1.165) is 0 Å². The molecule has 1 amide bonds. The number of esters is 1. The average Bonchev–Trinajstić information content (AvgIpc) is 2.69. The Hall–Kier alpha value is -3.21. The minimum absolute atomic E-state index is 0.0302. The number of ether oxygens (including phenoxy) is 1. The van der Waals surface area contributed by atoms with Crippen molar-refractivity contribution < 1.29 is 14.3 Å². The first kappa shape index (κ1) is 23.1. The molecule has 1 heterocycles. The largest absolute Gasteiger partial charge is 0.448 e. The third kappa shape index (κ3) is 4.85.